The van der Waals surface area contributed by atoms with Crippen LogP contribution in [0.1, 0.15) is 34.1 Å². The predicted octanol–water partition coefficient (Wildman–Crippen LogP) is 5.93. The summed E-state index contributed by atoms with van der Waals surface area (Å²) in [5.41, 5.74) is 5.32. The highest BCUT2D eigenvalue weighted by Crippen LogP contribution is 2.38. The first kappa shape index (κ1) is 24.5. The molecule has 1 unspecified atom stereocenters. The lowest BCUT2D eigenvalue weighted by atomic mass is 10.0. The smallest absolute Gasteiger partial charge is 0.318 e. The molecule has 1 N–H and O–H groups in total. The molecule has 1 atom stereocenters. The number of para-hydroxylation sites is 1. The van der Waals surface area contributed by atoms with Gasteiger partial charge in [0, 0.05) is 18.3 Å². The molecule has 5 aromatic rings. The van der Waals surface area contributed by atoms with Gasteiger partial charge in [0.1, 0.15) is 17.4 Å². The van der Waals surface area contributed by atoms with Crippen molar-refractivity contribution in [2.45, 2.75) is 26.1 Å². The zero-order valence-corrected chi connectivity index (χ0v) is 21.7. The summed E-state index contributed by atoms with van der Waals surface area (Å²) < 4.78 is 23.3. The Hall–Kier alpha value is -4.85. The lowest BCUT2D eigenvalue weighted by Crippen LogP contribution is -2.41. The number of urea groups is 1. The standard InChI is InChI=1S/C31H28FN5O2/c1-21-27-20-36(31(38)33-19-22-8-6-11-26(18-22)39-2)29(23-13-15-24(32)16-14-23)28-12-7-17-35(28)30(27)37(34-21)25-9-4-3-5-10-25/h3-18,29H,19-20H2,1-2H3,(H,33,38). The molecule has 0 radical (unpaired) electrons. The third kappa shape index (κ3) is 4.54. The molecule has 1 aliphatic rings. The van der Waals surface area contributed by atoms with Gasteiger partial charge in [0.2, 0.25) is 0 Å². The quantitative estimate of drug-likeness (QED) is 0.312. The van der Waals surface area contributed by atoms with Crippen LogP contribution in [0, 0.1) is 12.7 Å². The summed E-state index contributed by atoms with van der Waals surface area (Å²) in [5.74, 6) is 1.29. The highest BCUT2D eigenvalue weighted by Gasteiger charge is 2.35. The Kier molecular flexibility index (Phi) is 6.36. The van der Waals surface area contributed by atoms with Crippen LogP contribution in [0.3, 0.4) is 0 Å². The van der Waals surface area contributed by atoms with E-state index in [2.05, 4.69) is 9.88 Å². The monoisotopic (exact) mass is 521 g/mol. The molecule has 0 bridgehead atoms. The Morgan fingerprint density at radius 2 is 1.82 bits per heavy atom. The van der Waals surface area contributed by atoms with Crippen LogP contribution in [0.2, 0.25) is 0 Å². The van der Waals surface area contributed by atoms with Crippen molar-refractivity contribution in [2.75, 3.05) is 7.11 Å². The minimum absolute atomic E-state index is 0.236. The number of nitrogens with zero attached hydrogens (tertiary/aromatic N) is 4. The van der Waals surface area contributed by atoms with Crippen LogP contribution in [-0.4, -0.2) is 32.4 Å². The maximum atomic E-state index is 13.9. The third-order valence-electron chi connectivity index (χ3n) is 7.11. The van der Waals surface area contributed by atoms with Crippen molar-refractivity contribution in [3.63, 3.8) is 0 Å². The van der Waals surface area contributed by atoms with Gasteiger partial charge in [-0.25, -0.2) is 13.9 Å². The fourth-order valence-electron chi connectivity index (χ4n) is 5.21. The van der Waals surface area contributed by atoms with E-state index in [-0.39, 0.29) is 11.8 Å². The number of carbonyl (C=O) groups is 1. The van der Waals surface area contributed by atoms with Crippen molar-refractivity contribution >= 4 is 6.03 Å². The second-order valence-electron chi connectivity index (χ2n) is 9.53. The number of amides is 2. The van der Waals surface area contributed by atoms with E-state index < -0.39 is 6.04 Å². The molecule has 2 amide bonds. The summed E-state index contributed by atoms with van der Waals surface area (Å²) in [4.78, 5) is 15.7. The van der Waals surface area contributed by atoms with Gasteiger partial charge in [-0.3, -0.25) is 0 Å². The van der Waals surface area contributed by atoms with Gasteiger partial charge in [0.25, 0.3) is 0 Å². The maximum Gasteiger partial charge on any atom is 0.318 e. The number of aryl methyl sites for hydroxylation is 1. The van der Waals surface area contributed by atoms with Crippen molar-refractivity contribution < 1.29 is 13.9 Å². The Morgan fingerprint density at radius 1 is 1.03 bits per heavy atom. The van der Waals surface area contributed by atoms with Gasteiger partial charge in [0.15, 0.2) is 0 Å². The fraction of sp³-hybridized carbons (Fsp3) is 0.161. The predicted molar refractivity (Wildman–Crippen MR) is 147 cm³/mol. The van der Waals surface area contributed by atoms with E-state index in [1.165, 1.54) is 12.1 Å². The number of nitrogens with one attached hydrogen (secondary N) is 1. The average molecular weight is 522 g/mol. The van der Waals surface area contributed by atoms with Crippen LogP contribution in [0.15, 0.2) is 97.2 Å². The molecular formula is C31H28FN5O2. The van der Waals surface area contributed by atoms with Crippen LogP contribution < -0.4 is 10.1 Å². The molecule has 2 aromatic heterocycles. The number of carbonyl (C=O) groups excluding carboxylic acids is 1. The van der Waals surface area contributed by atoms with Gasteiger partial charge in [0.05, 0.1) is 36.8 Å². The largest absolute Gasteiger partial charge is 0.497 e. The van der Waals surface area contributed by atoms with E-state index in [1.807, 2.05) is 84.5 Å². The number of methoxy groups -OCH3 is 1. The van der Waals surface area contributed by atoms with Crippen LogP contribution >= 0.6 is 0 Å². The minimum atomic E-state index is -0.457. The van der Waals surface area contributed by atoms with E-state index in [0.717, 1.165) is 45.3 Å². The van der Waals surface area contributed by atoms with Crippen LogP contribution in [0.25, 0.3) is 11.5 Å². The second-order valence-corrected chi connectivity index (χ2v) is 9.53. The fourth-order valence-corrected chi connectivity index (χ4v) is 5.21. The van der Waals surface area contributed by atoms with Crippen molar-refractivity contribution in [2.24, 2.45) is 0 Å². The second kappa shape index (κ2) is 10.1. The van der Waals surface area contributed by atoms with Crippen LogP contribution in [0.5, 0.6) is 5.75 Å². The molecule has 0 spiro atoms. The van der Waals surface area contributed by atoms with E-state index >= 15 is 0 Å². The summed E-state index contributed by atoms with van der Waals surface area (Å²) in [5, 5.41) is 7.96. The summed E-state index contributed by atoms with van der Waals surface area (Å²) in [7, 11) is 1.62. The summed E-state index contributed by atoms with van der Waals surface area (Å²) in [6.45, 7) is 2.62. The van der Waals surface area contributed by atoms with Crippen molar-refractivity contribution in [3.8, 4) is 17.3 Å². The molecule has 196 valence electrons. The van der Waals surface area contributed by atoms with Crippen molar-refractivity contribution in [1.29, 1.82) is 0 Å². The summed E-state index contributed by atoms with van der Waals surface area (Å²) in [6.07, 6.45) is 1.99. The number of hydrogen-bond acceptors (Lipinski definition) is 3. The number of fused-ring (bicyclic) bond motifs is 3. The maximum absolute atomic E-state index is 13.9. The molecule has 1 aliphatic heterocycles. The molecule has 0 fully saturated rings. The summed E-state index contributed by atoms with van der Waals surface area (Å²) >= 11 is 0. The lowest BCUT2D eigenvalue weighted by molar-refractivity contribution is 0.180. The van der Waals surface area contributed by atoms with Gasteiger partial charge >= 0.3 is 6.03 Å². The Bertz CT molecular complexity index is 1620. The van der Waals surface area contributed by atoms with Crippen LogP contribution in [-0.2, 0) is 13.1 Å². The number of hydrogen-bond donors (Lipinski definition) is 1. The van der Waals surface area contributed by atoms with Gasteiger partial charge in [-0.15, -0.1) is 0 Å². The van der Waals surface area contributed by atoms with Crippen molar-refractivity contribution in [1.82, 2.24) is 24.6 Å². The topological polar surface area (TPSA) is 64.3 Å². The molecule has 0 saturated heterocycles. The number of rotatable bonds is 5. The van der Waals surface area contributed by atoms with Gasteiger partial charge < -0.3 is 19.5 Å². The highest BCUT2D eigenvalue weighted by atomic mass is 19.1. The Labute approximate surface area is 226 Å². The van der Waals surface area contributed by atoms with Crippen LogP contribution in [0.4, 0.5) is 9.18 Å². The van der Waals surface area contributed by atoms with Gasteiger partial charge in [-0.2, -0.15) is 5.10 Å². The third-order valence-corrected chi connectivity index (χ3v) is 7.11. The lowest BCUT2D eigenvalue weighted by Gasteiger charge is -2.31. The van der Waals surface area contributed by atoms with E-state index in [1.54, 1.807) is 24.1 Å². The number of aromatic nitrogens is 3. The normalized spacial score (nSPS) is 14.3. The highest BCUT2D eigenvalue weighted by molar-refractivity contribution is 5.76. The van der Waals surface area contributed by atoms with E-state index in [4.69, 9.17) is 9.84 Å². The molecule has 7 nitrogen and oxygen atoms in total. The summed E-state index contributed by atoms with van der Waals surface area (Å²) in [6, 6.07) is 27.2. The molecule has 39 heavy (non-hydrogen) atoms. The first-order chi connectivity index (χ1) is 19.0. The molecule has 0 aliphatic carbocycles. The first-order valence-corrected chi connectivity index (χ1v) is 12.8. The minimum Gasteiger partial charge on any atom is -0.497 e. The van der Waals surface area contributed by atoms with Gasteiger partial charge in [-0.1, -0.05) is 42.5 Å². The Balaban J connectivity index is 1.45. The number of benzene rings is 3. The first-order valence-electron chi connectivity index (χ1n) is 12.8. The van der Waals surface area contributed by atoms with E-state index in [0.29, 0.717) is 13.1 Å². The number of halogens is 1. The molecule has 3 heterocycles. The SMILES string of the molecule is COc1cccc(CNC(=O)N2Cc3c(C)nn(-c4ccccc4)c3-n3cccc3C2c2ccc(F)cc2)c1. The van der Waals surface area contributed by atoms with Gasteiger partial charge in [-0.05, 0) is 66.6 Å². The molecule has 3 aromatic carbocycles. The Morgan fingerprint density at radius 3 is 2.59 bits per heavy atom. The molecule has 8 heteroatoms. The average Bonchev–Trinajstić information content (AvgIpc) is 3.53. The van der Waals surface area contributed by atoms with E-state index in [9.17, 15) is 9.18 Å². The number of ether oxygens (including phenoxy) is 1. The molecular weight excluding hydrogens is 493 g/mol. The van der Waals surface area contributed by atoms with Crippen molar-refractivity contribution in [3.05, 3.63) is 131 Å². The molecule has 0 saturated carbocycles. The zero-order valence-electron chi connectivity index (χ0n) is 21.7. The zero-order chi connectivity index (χ0) is 26.9. The molecule has 6 rings (SSSR count).